The van der Waals surface area contributed by atoms with E-state index in [4.69, 9.17) is 4.74 Å². The number of ether oxygens (including phenoxy) is 1. The van der Waals surface area contributed by atoms with Gasteiger partial charge in [0.1, 0.15) is 11.4 Å². The lowest BCUT2D eigenvalue weighted by Crippen LogP contribution is -2.25. The first-order valence-electron chi connectivity index (χ1n) is 10.3. The van der Waals surface area contributed by atoms with Crippen molar-refractivity contribution in [3.05, 3.63) is 64.8 Å². The summed E-state index contributed by atoms with van der Waals surface area (Å²) in [7, 11) is 0. The lowest BCUT2D eigenvalue weighted by atomic mass is 9.93. The van der Waals surface area contributed by atoms with Crippen LogP contribution in [0.15, 0.2) is 42.5 Å². The number of aromatic nitrogens is 2. The highest BCUT2D eigenvalue weighted by Crippen LogP contribution is 2.38. The second-order valence-electron chi connectivity index (χ2n) is 8.60. The number of hydrogen-bond acceptors (Lipinski definition) is 3. The fourth-order valence-electron chi connectivity index (χ4n) is 4.46. The van der Waals surface area contributed by atoms with Gasteiger partial charge >= 0.3 is 0 Å². The van der Waals surface area contributed by atoms with Gasteiger partial charge in [-0.15, -0.1) is 0 Å². The molecule has 2 N–H and O–H groups in total. The van der Waals surface area contributed by atoms with E-state index in [1.54, 1.807) is 0 Å². The summed E-state index contributed by atoms with van der Waals surface area (Å²) in [4.78, 5) is 13.0. The molecule has 1 amide bonds. The predicted octanol–water partition coefficient (Wildman–Crippen LogP) is 4.92. The van der Waals surface area contributed by atoms with Crippen LogP contribution in [-0.2, 0) is 19.3 Å². The number of amides is 1. The van der Waals surface area contributed by atoms with E-state index in [1.807, 2.05) is 56.3 Å². The Hall–Kier alpha value is -3.08. The minimum absolute atomic E-state index is 0.152. The first-order valence-corrected chi connectivity index (χ1v) is 10.3. The number of aromatic amines is 1. The Bertz CT molecular complexity index is 1100. The highest BCUT2D eigenvalue weighted by Gasteiger charge is 2.33. The molecule has 2 aliphatic rings. The molecule has 2 heterocycles. The average Bonchev–Trinajstić information content (AvgIpc) is 3.27. The zero-order valence-corrected chi connectivity index (χ0v) is 16.8. The molecule has 5 rings (SSSR count). The third-order valence-corrected chi connectivity index (χ3v) is 5.79. The number of H-pyrrole nitrogens is 1. The van der Waals surface area contributed by atoms with Crippen molar-refractivity contribution in [3.8, 4) is 17.0 Å². The minimum atomic E-state index is -0.280. The van der Waals surface area contributed by atoms with E-state index in [9.17, 15) is 4.79 Å². The van der Waals surface area contributed by atoms with Gasteiger partial charge in [-0.25, -0.2) is 0 Å². The van der Waals surface area contributed by atoms with Crippen LogP contribution in [0.25, 0.3) is 11.3 Å². The molecule has 0 bridgehead atoms. The Balaban J connectivity index is 1.42. The van der Waals surface area contributed by atoms with E-state index < -0.39 is 0 Å². The van der Waals surface area contributed by atoms with Crippen molar-refractivity contribution in [2.24, 2.45) is 0 Å². The summed E-state index contributed by atoms with van der Waals surface area (Å²) < 4.78 is 6.05. The quantitative estimate of drug-likeness (QED) is 0.670. The molecule has 0 saturated carbocycles. The van der Waals surface area contributed by atoms with Crippen molar-refractivity contribution in [2.45, 2.75) is 51.6 Å². The minimum Gasteiger partial charge on any atom is -0.486 e. The molecule has 0 spiro atoms. The Morgan fingerprint density at radius 3 is 2.86 bits per heavy atom. The zero-order chi connectivity index (χ0) is 20.0. The maximum atomic E-state index is 13.0. The maximum absolute atomic E-state index is 13.0. The fourth-order valence-corrected chi connectivity index (χ4v) is 4.46. The molecule has 29 heavy (non-hydrogen) atoms. The molecule has 148 valence electrons. The summed E-state index contributed by atoms with van der Waals surface area (Å²) in [6.45, 7) is 4.09. The fraction of sp³-hybridized carbons (Fsp3) is 0.333. The van der Waals surface area contributed by atoms with E-state index in [2.05, 4.69) is 15.5 Å². The molecule has 5 nitrogen and oxygen atoms in total. The number of para-hydroxylation sites is 1. The number of carbonyl (C=O) groups is 1. The van der Waals surface area contributed by atoms with Gasteiger partial charge in [0.15, 0.2) is 0 Å². The molecule has 0 unspecified atom stereocenters. The second-order valence-corrected chi connectivity index (χ2v) is 8.60. The number of aryl methyl sites for hydroxylation is 1. The van der Waals surface area contributed by atoms with Crippen LogP contribution >= 0.6 is 0 Å². The molecule has 2 aromatic carbocycles. The number of hydrogen-bond donors (Lipinski definition) is 2. The number of benzene rings is 2. The molecule has 1 aliphatic carbocycles. The smallest absolute Gasteiger partial charge is 0.259 e. The van der Waals surface area contributed by atoms with Crippen molar-refractivity contribution in [2.75, 3.05) is 5.32 Å². The zero-order valence-electron chi connectivity index (χ0n) is 16.8. The molecular weight excluding hydrogens is 362 g/mol. The molecule has 0 radical (unpaired) electrons. The van der Waals surface area contributed by atoms with Gasteiger partial charge in [-0.05, 0) is 63.3 Å². The molecule has 1 aromatic heterocycles. The summed E-state index contributed by atoms with van der Waals surface area (Å²) in [5.41, 5.74) is 6.73. The van der Waals surface area contributed by atoms with Gasteiger partial charge in [-0.3, -0.25) is 9.89 Å². The Morgan fingerprint density at radius 1 is 1.14 bits per heavy atom. The number of carbonyl (C=O) groups excluding carboxylic acids is 1. The van der Waals surface area contributed by atoms with Gasteiger partial charge in [-0.2, -0.15) is 5.10 Å². The van der Waals surface area contributed by atoms with Crippen LogP contribution in [0, 0.1) is 0 Å². The van der Waals surface area contributed by atoms with Crippen molar-refractivity contribution >= 4 is 11.6 Å². The van der Waals surface area contributed by atoms with E-state index in [0.717, 1.165) is 41.8 Å². The third kappa shape index (κ3) is 3.31. The van der Waals surface area contributed by atoms with Gasteiger partial charge in [0.2, 0.25) is 0 Å². The monoisotopic (exact) mass is 387 g/mol. The molecule has 1 aliphatic heterocycles. The van der Waals surface area contributed by atoms with Gasteiger partial charge in [0, 0.05) is 28.9 Å². The Labute approximate surface area is 170 Å². The van der Waals surface area contributed by atoms with Gasteiger partial charge in [0.25, 0.3) is 5.91 Å². The van der Waals surface area contributed by atoms with Crippen molar-refractivity contribution in [3.63, 3.8) is 0 Å². The van der Waals surface area contributed by atoms with E-state index in [1.165, 1.54) is 24.1 Å². The van der Waals surface area contributed by atoms with Crippen molar-refractivity contribution < 1.29 is 9.53 Å². The van der Waals surface area contributed by atoms with Crippen molar-refractivity contribution in [1.82, 2.24) is 10.2 Å². The number of anilines is 1. The summed E-state index contributed by atoms with van der Waals surface area (Å²) in [5, 5.41) is 10.8. The Kier molecular flexibility index (Phi) is 4.19. The van der Waals surface area contributed by atoms with Gasteiger partial charge in [-0.1, -0.05) is 24.3 Å². The molecule has 5 heteroatoms. The molecule has 0 atom stereocenters. The normalized spacial score (nSPS) is 16.6. The van der Waals surface area contributed by atoms with Crippen LogP contribution in [0.2, 0.25) is 0 Å². The van der Waals surface area contributed by atoms with Crippen LogP contribution < -0.4 is 10.1 Å². The number of nitrogens with one attached hydrogen (secondary N) is 2. The molecular formula is C24H25N3O2. The first-order chi connectivity index (χ1) is 14.0. The second kappa shape index (κ2) is 6.76. The summed E-state index contributed by atoms with van der Waals surface area (Å²) >= 11 is 0. The van der Waals surface area contributed by atoms with Gasteiger partial charge in [0.05, 0.1) is 11.3 Å². The van der Waals surface area contributed by atoms with E-state index in [-0.39, 0.29) is 11.5 Å². The number of nitrogens with zero attached hydrogens (tertiary/aromatic N) is 1. The maximum Gasteiger partial charge on any atom is 0.259 e. The van der Waals surface area contributed by atoms with Crippen LogP contribution in [-0.4, -0.2) is 21.7 Å². The lowest BCUT2D eigenvalue weighted by molar-refractivity contribution is 0.101. The lowest BCUT2D eigenvalue weighted by Gasteiger charge is -2.18. The molecule has 0 saturated heterocycles. The standard InChI is InChI=1S/C24H25N3O2/c1-24(2)14-16-8-6-11-19(22(16)29-24)23(28)25-17-9-5-7-15(13-17)21-18-10-3-4-12-20(18)26-27-21/h5-9,11,13H,3-4,10,12,14H2,1-2H3,(H,25,28)(H,26,27). The topological polar surface area (TPSA) is 67.0 Å². The van der Waals surface area contributed by atoms with Crippen LogP contribution in [0.3, 0.4) is 0 Å². The number of fused-ring (bicyclic) bond motifs is 2. The van der Waals surface area contributed by atoms with Crippen LogP contribution in [0.4, 0.5) is 5.69 Å². The Morgan fingerprint density at radius 2 is 1.97 bits per heavy atom. The molecule has 0 fully saturated rings. The first kappa shape index (κ1) is 18.0. The molecule has 3 aromatic rings. The summed E-state index contributed by atoms with van der Waals surface area (Å²) in [6, 6.07) is 13.7. The summed E-state index contributed by atoms with van der Waals surface area (Å²) in [5.74, 6) is 0.549. The largest absolute Gasteiger partial charge is 0.486 e. The summed E-state index contributed by atoms with van der Waals surface area (Å²) in [6.07, 6.45) is 5.34. The van der Waals surface area contributed by atoms with Crippen LogP contribution in [0.1, 0.15) is 53.9 Å². The average molecular weight is 387 g/mol. The van der Waals surface area contributed by atoms with Crippen LogP contribution in [0.5, 0.6) is 5.75 Å². The van der Waals surface area contributed by atoms with E-state index in [0.29, 0.717) is 11.3 Å². The highest BCUT2D eigenvalue weighted by atomic mass is 16.5. The van der Waals surface area contributed by atoms with E-state index >= 15 is 0 Å². The number of rotatable bonds is 3. The highest BCUT2D eigenvalue weighted by molar-refractivity contribution is 6.06. The third-order valence-electron chi connectivity index (χ3n) is 5.79. The van der Waals surface area contributed by atoms with Gasteiger partial charge < -0.3 is 10.1 Å². The SMILES string of the molecule is CC1(C)Cc2cccc(C(=O)Nc3cccc(-c4n[nH]c5c4CCCC5)c3)c2O1. The van der Waals surface area contributed by atoms with Crippen molar-refractivity contribution in [1.29, 1.82) is 0 Å². The predicted molar refractivity (Wildman–Crippen MR) is 113 cm³/mol.